The lowest BCUT2D eigenvalue weighted by Crippen LogP contribution is -2.37. The molecule has 1 aliphatic heterocycles. The Hall–Kier alpha value is -2.38. The lowest BCUT2D eigenvalue weighted by molar-refractivity contribution is -0.0502. The molecule has 0 saturated carbocycles. The first-order chi connectivity index (χ1) is 11.0. The van der Waals surface area contributed by atoms with Crippen molar-refractivity contribution in [3.63, 3.8) is 0 Å². The molecule has 0 aliphatic carbocycles. The van der Waals surface area contributed by atoms with E-state index in [0.29, 0.717) is 32.6 Å². The molecule has 1 fully saturated rings. The van der Waals surface area contributed by atoms with Crippen LogP contribution in [-0.4, -0.2) is 61.7 Å². The molecule has 2 amide bonds. The predicted octanol–water partition coefficient (Wildman–Crippen LogP) is 2.20. The van der Waals surface area contributed by atoms with Crippen LogP contribution in [0.3, 0.4) is 0 Å². The van der Waals surface area contributed by atoms with Gasteiger partial charge >= 0.3 is 12.7 Å². The second-order valence-corrected chi connectivity index (χ2v) is 4.98. The van der Waals surface area contributed by atoms with Gasteiger partial charge in [0.25, 0.3) is 5.91 Å². The minimum Gasteiger partial charge on any atom is -0.453 e. The number of ether oxygens (including phenoxy) is 2. The van der Waals surface area contributed by atoms with Gasteiger partial charge in [-0.1, -0.05) is 12.1 Å². The summed E-state index contributed by atoms with van der Waals surface area (Å²) in [4.78, 5) is 27.1. The third-order valence-corrected chi connectivity index (χ3v) is 3.55. The number of hydrogen-bond donors (Lipinski definition) is 0. The van der Waals surface area contributed by atoms with Gasteiger partial charge < -0.3 is 19.3 Å². The van der Waals surface area contributed by atoms with Crippen LogP contribution in [0.5, 0.6) is 5.75 Å². The number of benzene rings is 1. The van der Waals surface area contributed by atoms with Crippen LogP contribution < -0.4 is 4.74 Å². The summed E-state index contributed by atoms with van der Waals surface area (Å²) >= 11 is 0. The van der Waals surface area contributed by atoms with Crippen molar-refractivity contribution in [3.05, 3.63) is 29.8 Å². The SMILES string of the molecule is COC(=O)N1CCCN(C(=O)c2ccccc2OC(F)F)CC1. The molecule has 1 heterocycles. The first kappa shape index (κ1) is 17.0. The van der Waals surface area contributed by atoms with E-state index in [4.69, 9.17) is 0 Å². The van der Waals surface area contributed by atoms with E-state index in [1.54, 1.807) is 6.07 Å². The number of amides is 2. The Labute approximate surface area is 132 Å². The van der Waals surface area contributed by atoms with E-state index in [-0.39, 0.29) is 11.3 Å². The number of nitrogens with zero attached hydrogens (tertiary/aromatic N) is 2. The van der Waals surface area contributed by atoms with Crippen LogP contribution >= 0.6 is 0 Å². The second kappa shape index (κ2) is 7.75. The Morgan fingerprint density at radius 1 is 1.09 bits per heavy atom. The van der Waals surface area contributed by atoms with Crippen LogP contribution in [0.2, 0.25) is 0 Å². The zero-order chi connectivity index (χ0) is 16.8. The summed E-state index contributed by atoms with van der Waals surface area (Å²) in [6.45, 7) is -1.46. The van der Waals surface area contributed by atoms with Gasteiger partial charge in [-0.3, -0.25) is 4.79 Å². The summed E-state index contributed by atoms with van der Waals surface area (Å²) < 4.78 is 34.0. The first-order valence-corrected chi connectivity index (χ1v) is 7.19. The Kier molecular flexibility index (Phi) is 5.72. The maximum absolute atomic E-state index is 12.6. The summed E-state index contributed by atoms with van der Waals surface area (Å²) in [6.07, 6.45) is 0.138. The molecule has 1 aliphatic rings. The molecule has 1 saturated heterocycles. The van der Waals surface area contributed by atoms with Crippen molar-refractivity contribution in [3.8, 4) is 5.75 Å². The molecular weight excluding hydrogens is 310 g/mol. The number of rotatable bonds is 3. The maximum atomic E-state index is 12.6. The van der Waals surface area contributed by atoms with Gasteiger partial charge in [0.1, 0.15) is 5.75 Å². The number of carbonyl (C=O) groups excluding carboxylic acids is 2. The minimum absolute atomic E-state index is 0.0827. The highest BCUT2D eigenvalue weighted by Crippen LogP contribution is 2.22. The largest absolute Gasteiger partial charge is 0.453 e. The lowest BCUT2D eigenvalue weighted by Gasteiger charge is -2.22. The monoisotopic (exact) mass is 328 g/mol. The quantitative estimate of drug-likeness (QED) is 0.853. The van der Waals surface area contributed by atoms with Crippen LogP contribution in [0.15, 0.2) is 24.3 Å². The van der Waals surface area contributed by atoms with Crippen LogP contribution in [0.1, 0.15) is 16.8 Å². The molecule has 23 heavy (non-hydrogen) atoms. The average molecular weight is 328 g/mol. The number of carbonyl (C=O) groups is 2. The van der Waals surface area contributed by atoms with Crippen molar-refractivity contribution < 1.29 is 27.8 Å². The summed E-state index contributed by atoms with van der Waals surface area (Å²) in [5.74, 6) is -0.547. The number of methoxy groups -OCH3 is 1. The van der Waals surface area contributed by atoms with Crippen LogP contribution in [0, 0.1) is 0 Å². The molecule has 1 aromatic rings. The fourth-order valence-corrected chi connectivity index (χ4v) is 2.44. The number of alkyl halides is 2. The van der Waals surface area contributed by atoms with Crippen LogP contribution in [-0.2, 0) is 4.74 Å². The van der Waals surface area contributed by atoms with Gasteiger partial charge in [0, 0.05) is 26.2 Å². The van der Waals surface area contributed by atoms with Gasteiger partial charge in [0.2, 0.25) is 0 Å². The molecule has 2 rings (SSSR count). The van der Waals surface area contributed by atoms with Gasteiger partial charge in [0.15, 0.2) is 0 Å². The standard InChI is InChI=1S/C15H18F2N2O4/c1-22-15(21)19-8-4-7-18(9-10-19)13(20)11-5-2-3-6-12(11)23-14(16)17/h2-3,5-6,14H,4,7-10H2,1H3. The molecule has 0 bridgehead atoms. The van der Waals surface area contributed by atoms with E-state index < -0.39 is 18.6 Å². The third-order valence-electron chi connectivity index (χ3n) is 3.55. The molecule has 0 radical (unpaired) electrons. The molecule has 0 aromatic heterocycles. The Morgan fingerprint density at radius 3 is 2.43 bits per heavy atom. The van der Waals surface area contributed by atoms with E-state index in [2.05, 4.69) is 9.47 Å². The Bertz CT molecular complexity index is 568. The van der Waals surface area contributed by atoms with Gasteiger partial charge in [-0.25, -0.2) is 4.79 Å². The highest BCUT2D eigenvalue weighted by atomic mass is 19.3. The summed E-state index contributed by atoms with van der Waals surface area (Å²) in [5.41, 5.74) is 0.0827. The number of hydrogen-bond acceptors (Lipinski definition) is 4. The number of halogens is 2. The molecule has 8 heteroatoms. The summed E-state index contributed by atoms with van der Waals surface area (Å²) in [6, 6.07) is 5.89. The van der Waals surface area contributed by atoms with Crippen molar-refractivity contribution >= 4 is 12.0 Å². The van der Waals surface area contributed by atoms with Gasteiger partial charge in [-0.05, 0) is 18.6 Å². The molecule has 0 atom stereocenters. The van der Waals surface area contributed by atoms with Gasteiger partial charge in [0.05, 0.1) is 12.7 Å². The summed E-state index contributed by atoms with van der Waals surface area (Å²) in [7, 11) is 1.30. The zero-order valence-corrected chi connectivity index (χ0v) is 12.7. The van der Waals surface area contributed by atoms with E-state index in [9.17, 15) is 18.4 Å². The second-order valence-electron chi connectivity index (χ2n) is 4.98. The van der Waals surface area contributed by atoms with E-state index in [1.165, 1.54) is 35.1 Å². The maximum Gasteiger partial charge on any atom is 0.409 e. The topological polar surface area (TPSA) is 59.1 Å². The van der Waals surface area contributed by atoms with Crippen molar-refractivity contribution in [2.45, 2.75) is 13.0 Å². The molecule has 0 spiro atoms. The average Bonchev–Trinajstić information content (AvgIpc) is 2.79. The smallest absolute Gasteiger partial charge is 0.409 e. The van der Waals surface area contributed by atoms with Crippen LogP contribution in [0.25, 0.3) is 0 Å². The predicted molar refractivity (Wildman–Crippen MR) is 77.6 cm³/mol. The minimum atomic E-state index is -3.00. The van der Waals surface area contributed by atoms with E-state index in [0.717, 1.165) is 0 Å². The van der Waals surface area contributed by atoms with E-state index >= 15 is 0 Å². The highest BCUT2D eigenvalue weighted by Gasteiger charge is 2.25. The molecule has 1 aromatic carbocycles. The normalized spacial score (nSPS) is 15.3. The Balaban J connectivity index is 2.10. The van der Waals surface area contributed by atoms with Crippen molar-refractivity contribution in [1.29, 1.82) is 0 Å². The number of para-hydroxylation sites is 1. The van der Waals surface area contributed by atoms with Gasteiger partial charge in [-0.2, -0.15) is 8.78 Å². The molecule has 6 nitrogen and oxygen atoms in total. The van der Waals surface area contributed by atoms with Crippen molar-refractivity contribution in [1.82, 2.24) is 9.80 Å². The van der Waals surface area contributed by atoms with Gasteiger partial charge in [-0.15, -0.1) is 0 Å². The molecular formula is C15H18F2N2O4. The fourth-order valence-electron chi connectivity index (χ4n) is 2.44. The molecule has 0 N–H and O–H groups in total. The van der Waals surface area contributed by atoms with Crippen molar-refractivity contribution in [2.24, 2.45) is 0 Å². The van der Waals surface area contributed by atoms with Crippen molar-refractivity contribution in [2.75, 3.05) is 33.3 Å². The third kappa shape index (κ3) is 4.30. The summed E-state index contributed by atoms with van der Waals surface area (Å²) in [5, 5.41) is 0. The molecule has 126 valence electrons. The van der Waals surface area contributed by atoms with E-state index in [1.807, 2.05) is 0 Å². The Morgan fingerprint density at radius 2 is 1.74 bits per heavy atom. The first-order valence-electron chi connectivity index (χ1n) is 7.19. The highest BCUT2D eigenvalue weighted by molar-refractivity contribution is 5.97. The van der Waals surface area contributed by atoms with Crippen LogP contribution in [0.4, 0.5) is 13.6 Å². The lowest BCUT2D eigenvalue weighted by atomic mass is 10.1. The fraction of sp³-hybridized carbons (Fsp3) is 0.467. The zero-order valence-electron chi connectivity index (χ0n) is 12.7. The molecule has 0 unspecified atom stereocenters.